The van der Waals surface area contributed by atoms with E-state index in [1.807, 2.05) is 12.1 Å². The lowest BCUT2D eigenvalue weighted by atomic mass is 10.1. The van der Waals surface area contributed by atoms with Crippen LogP contribution in [0.3, 0.4) is 0 Å². The van der Waals surface area contributed by atoms with Crippen molar-refractivity contribution in [1.82, 2.24) is 10.2 Å². The molecule has 0 radical (unpaired) electrons. The van der Waals surface area contributed by atoms with Crippen molar-refractivity contribution in [1.29, 1.82) is 0 Å². The number of carbonyl (C=O) groups is 1. The number of nitrogens with one attached hydrogen (secondary N) is 2. The summed E-state index contributed by atoms with van der Waals surface area (Å²) in [5.41, 5.74) is 2.91. The Morgan fingerprint density at radius 2 is 2.03 bits per heavy atom. The van der Waals surface area contributed by atoms with Crippen LogP contribution in [-0.2, 0) is 4.74 Å². The molecule has 158 valence electrons. The van der Waals surface area contributed by atoms with Crippen LogP contribution in [0.25, 0.3) is 0 Å². The van der Waals surface area contributed by atoms with E-state index in [1.54, 1.807) is 17.4 Å². The lowest BCUT2D eigenvalue weighted by molar-refractivity contribution is 0.123. The van der Waals surface area contributed by atoms with Gasteiger partial charge in [0.05, 0.1) is 30.6 Å². The molecule has 1 aliphatic heterocycles. The molecule has 6 nitrogen and oxygen atoms in total. The quantitative estimate of drug-likeness (QED) is 0.642. The predicted octanol–water partition coefficient (Wildman–Crippen LogP) is 4.44. The molecule has 1 aliphatic rings. The largest absolute Gasteiger partial charge is 0.378 e. The Kier molecular flexibility index (Phi) is 8.18. The topological polar surface area (TPSA) is 56.8 Å². The van der Waals surface area contributed by atoms with Crippen LogP contribution in [-0.4, -0.2) is 56.9 Å². The zero-order valence-corrected chi connectivity index (χ0v) is 18.6. The van der Waals surface area contributed by atoms with Crippen LogP contribution in [0.2, 0.25) is 5.02 Å². The summed E-state index contributed by atoms with van der Waals surface area (Å²) in [5.74, 6) is 0. The molecule has 0 aliphatic carbocycles. The Bertz CT molecular complexity index is 777. The van der Waals surface area contributed by atoms with Crippen LogP contribution in [0.5, 0.6) is 0 Å². The number of hydrogen-bond acceptors (Lipinski definition) is 5. The molecule has 2 N–H and O–H groups in total. The van der Waals surface area contributed by atoms with E-state index >= 15 is 0 Å². The number of morpholine rings is 1. The van der Waals surface area contributed by atoms with Crippen molar-refractivity contribution >= 4 is 40.3 Å². The first kappa shape index (κ1) is 21.9. The van der Waals surface area contributed by atoms with E-state index in [1.165, 1.54) is 5.56 Å². The number of nitrogens with zero attached hydrogens (tertiary/aromatic N) is 2. The molecule has 1 saturated heterocycles. The van der Waals surface area contributed by atoms with Gasteiger partial charge < -0.3 is 20.3 Å². The van der Waals surface area contributed by atoms with Crippen molar-refractivity contribution in [3.63, 3.8) is 0 Å². The summed E-state index contributed by atoms with van der Waals surface area (Å²) in [6, 6.07) is 7.65. The Morgan fingerprint density at radius 1 is 1.28 bits per heavy atom. The number of carbonyl (C=O) groups excluding carboxylic acids is 1. The fourth-order valence-corrected chi connectivity index (χ4v) is 4.51. The summed E-state index contributed by atoms with van der Waals surface area (Å²) in [5, 5.41) is 10.9. The minimum absolute atomic E-state index is 0.153. The summed E-state index contributed by atoms with van der Waals surface area (Å²) in [6.45, 7) is 9.62. The molecule has 1 fully saturated rings. The fourth-order valence-electron chi connectivity index (χ4n) is 3.63. The number of urea groups is 1. The summed E-state index contributed by atoms with van der Waals surface area (Å²) in [7, 11) is 0. The van der Waals surface area contributed by atoms with Gasteiger partial charge in [-0.2, -0.15) is 11.3 Å². The smallest absolute Gasteiger partial charge is 0.319 e. The summed E-state index contributed by atoms with van der Waals surface area (Å²) >= 11 is 7.87. The summed E-state index contributed by atoms with van der Waals surface area (Å²) in [6.07, 6.45) is 0. The standard InChI is InChI=1S/C21H29ClN4O2S/c1-3-25(4-2)20(16-7-12-29-15-16)14-23-21(27)24-18-13-17(22)5-6-19(18)26-8-10-28-11-9-26/h5-7,12-13,15,20H,3-4,8-11,14H2,1-2H3,(H2,23,24,27)/t20-/m0/s1. The molecule has 1 aromatic heterocycles. The van der Waals surface area contributed by atoms with Crippen molar-refractivity contribution in [2.75, 3.05) is 56.2 Å². The molecule has 1 atom stereocenters. The molecule has 0 unspecified atom stereocenters. The van der Waals surface area contributed by atoms with Crippen LogP contribution in [0.1, 0.15) is 25.5 Å². The molecular formula is C21H29ClN4O2S. The van der Waals surface area contributed by atoms with Crippen molar-refractivity contribution in [3.05, 3.63) is 45.6 Å². The van der Waals surface area contributed by atoms with Crippen molar-refractivity contribution in [3.8, 4) is 0 Å². The molecule has 2 aromatic rings. The van der Waals surface area contributed by atoms with Gasteiger partial charge in [-0.15, -0.1) is 0 Å². The zero-order chi connectivity index (χ0) is 20.6. The maximum atomic E-state index is 12.7. The van der Waals surface area contributed by atoms with E-state index in [0.29, 0.717) is 30.5 Å². The lowest BCUT2D eigenvalue weighted by Gasteiger charge is -2.31. The predicted molar refractivity (Wildman–Crippen MR) is 121 cm³/mol. The van der Waals surface area contributed by atoms with Gasteiger partial charge in [0.15, 0.2) is 0 Å². The number of benzene rings is 1. The maximum absolute atomic E-state index is 12.7. The van der Waals surface area contributed by atoms with Crippen LogP contribution < -0.4 is 15.5 Å². The van der Waals surface area contributed by atoms with E-state index in [-0.39, 0.29) is 12.1 Å². The first-order valence-electron chi connectivity index (χ1n) is 10.1. The highest BCUT2D eigenvalue weighted by Gasteiger charge is 2.20. The van der Waals surface area contributed by atoms with Gasteiger partial charge in [-0.05, 0) is 53.7 Å². The third-order valence-electron chi connectivity index (χ3n) is 5.20. The van der Waals surface area contributed by atoms with Gasteiger partial charge in [0, 0.05) is 24.7 Å². The van der Waals surface area contributed by atoms with Gasteiger partial charge in [-0.1, -0.05) is 25.4 Å². The second-order valence-electron chi connectivity index (χ2n) is 6.89. The molecule has 29 heavy (non-hydrogen) atoms. The Morgan fingerprint density at radius 3 is 2.69 bits per heavy atom. The van der Waals surface area contributed by atoms with Gasteiger partial charge >= 0.3 is 6.03 Å². The number of anilines is 2. The monoisotopic (exact) mass is 436 g/mol. The third-order valence-corrected chi connectivity index (χ3v) is 6.13. The van der Waals surface area contributed by atoms with Crippen molar-refractivity contribution in [2.45, 2.75) is 19.9 Å². The SMILES string of the molecule is CCN(CC)[C@@H](CNC(=O)Nc1cc(Cl)ccc1N1CCOCC1)c1ccsc1. The number of thiophene rings is 1. The molecule has 3 rings (SSSR count). The first-order chi connectivity index (χ1) is 14.1. The first-order valence-corrected chi connectivity index (χ1v) is 11.4. The number of hydrogen-bond donors (Lipinski definition) is 2. The van der Waals surface area contributed by atoms with E-state index < -0.39 is 0 Å². The number of halogens is 1. The fraction of sp³-hybridized carbons (Fsp3) is 0.476. The minimum Gasteiger partial charge on any atom is -0.378 e. The lowest BCUT2D eigenvalue weighted by Crippen LogP contribution is -2.40. The van der Waals surface area contributed by atoms with Crippen LogP contribution in [0, 0.1) is 0 Å². The van der Waals surface area contributed by atoms with E-state index in [0.717, 1.165) is 31.9 Å². The second kappa shape index (κ2) is 10.8. The molecule has 2 amide bonds. The number of rotatable bonds is 8. The maximum Gasteiger partial charge on any atom is 0.319 e. The Labute approximate surface area is 181 Å². The molecule has 0 spiro atoms. The average molecular weight is 437 g/mol. The minimum atomic E-state index is -0.228. The van der Waals surface area contributed by atoms with E-state index in [2.05, 4.69) is 51.1 Å². The van der Waals surface area contributed by atoms with Crippen LogP contribution in [0.15, 0.2) is 35.0 Å². The highest BCUT2D eigenvalue weighted by atomic mass is 35.5. The Hall–Kier alpha value is -1.80. The van der Waals surface area contributed by atoms with Gasteiger partial charge in [0.1, 0.15) is 0 Å². The highest BCUT2D eigenvalue weighted by Crippen LogP contribution is 2.30. The normalized spacial score (nSPS) is 15.4. The number of likely N-dealkylation sites (N-methyl/N-ethyl adjacent to an activating group) is 1. The number of amides is 2. The molecule has 0 saturated carbocycles. The summed E-state index contributed by atoms with van der Waals surface area (Å²) < 4.78 is 5.44. The van der Waals surface area contributed by atoms with E-state index in [4.69, 9.17) is 16.3 Å². The van der Waals surface area contributed by atoms with Gasteiger partial charge in [-0.25, -0.2) is 4.79 Å². The van der Waals surface area contributed by atoms with Crippen molar-refractivity contribution in [2.24, 2.45) is 0 Å². The molecule has 1 aromatic carbocycles. The zero-order valence-electron chi connectivity index (χ0n) is 17.0. The van der Waals surface area contributed by atoms with Gasteiger partial charge in [-0.3, -0.25) is 4.90 Å². The Balaban J connectivity index is 1.67. The molecule has 2 heterocycles. The average Bonchev–Trinajstić information content (AvgIpc) is 3.26. The summed E-state index contributed by atoms with van der Waals surface area (Å²) in [4.78, 5) is 17.3. The third kappa shape index (κ3) is 5.85. The highest BCUT2D eigenvalue weighted by molar-refractivity contribution is 7.08. The van der Waals surface area contributed by atoms with Crippen LogP contribution >= 0.6 is 22.9 Å². The number of ether oxygens (including phenoxy) is 1. The van der Waals surface area contributed by atoms with Gasteiger partial charge in [0.25, 0.3) is 0 Å². The second-order valence-corrected chi connectivity index (χ2v) is 8.11. The molecule has 0 bridgehead atoms. The van der Waals surface area contributed by atoms with Crippen molar-refractivity contribution < 1.29 is 9.53 Å². The van der Waals surface area contributed by atoms with Crippen LogP contribution in [0.4, 0.5) is 16.2 Å². The van der Waals surface area contributed by atoms with E-state index in [9.17, 15) is 4.79 Å². The molecule has 8 heteroatoms. The molecular weight excluding hydrogens is 408 g/mol. The van der Waals surface area contributed by atoms with Gasteiger partial charge in [0.2, 0.25) is 0 Å².